The summed E-state index contributed by atoms with van der Waals surface area (Å²) in [5, 5.41) is 17.8. The molecular formula is C9H8ClFO3. The Labute approximate surface area is 84.7 Å². The van der Waals surface area contributed by atoms with Gasteiger partial charge in [-0.15, -0.1) is 0 Å². The Balaban J connectivity index is 2.90. The molecule has 0 saturated heterocycles. The van der Waals surface area contributed by atoms with Crippen LogP contribution in [-0.2, 0) is 4.79 Å². The van der Waals surface area contributed by atoms with Crippen LogP contribution in [0.1, 0.15) is 18.1 Å². The van der Waals surface area contributed by atoms with Crippen molar-refractivity contribution in [3.05, 3.63) is 34.6 Å². The molecule has 0 spiro atoms. The van der Waals surface area contributed by atoms with E-state index in [1.807, 2.05) is 0 Å². The minimum atomic E-state index is -1.21. The Hall–Kier alpha value is -1.13. The largest absolute Gasteiger partial charge is 0.481 e. The summed E-state index contributed by atoms with van der Waals surface area (Å²) >= 11 is 5.61. The normalized spacial score (nSPS) is 12.5. The number of carbonyl (C=O) groups is 1. The molecule has 1 atom stereocenters. The third-order valence-corrected chi connectivity index (χ3v) is 2.02. The lowest BCUT2D eigenvalue weighted by Crippen LogP contribution is -2.06. The summed E-state index contributed by atoms with van der Waals surface area (Å²) in [4.78, 5) is 10.3. The third-order valence-electron chi connectivity index (χ3n) is 1.69. The lowest BCUT2D eigenvalue weighted by Gasteiger charge is -2.09. The molecule has 0 aliphatic rings. The van der Waals surface area contributed by atoms with Gasteiger partial charge in [0.25, 0.3) is 0 Å². The van der Waals surface area contributed by atoms with Gasteiger partial charge in [-0.3, -0.25) is 4.79 Å². The SMILES string of the molecule is O=C(O)CC(O)c1ccc(F)cc1Cl. The molecule has 0 heterocycles. The molecular weight excluding hydrogens is 211 g/mol. The first kappa shape index (κ1) is 10.9. The van der Waals surface area contributed by atoms with Crippen molar-refractivity contribution in [1.29, 1.82) is 0 Å². The number of aliphatic hydroxyl groups excluding tert-OH is 1. The molecule has 0 aromatic heterocycles. The molecule has 1 unspecified atom stereocenters. The van der Waals surface area contributed by atoms with Crippen molar-refractivity contribution >= 4 is 17.6 Å². The molecule has 0 saturated carbocycles. The Kier molecular flexibility index (Phi) is 3.43. The number of hydrogen-bond donors (Lipinski definition) is 2. The van der Waals surface area contributed by atoms with E-state index >= 15 is 0 Å². The average Bonchev–Trinajstić information content (AvgIpc) is 2.01. The molecule has 5 heteroatoms. The van der Waals surface area contributed by atoms with E-state index in [1.165, 1.54) is 6.07 Å². The van der Waals surface area contributed by atoms with E-state index in [9.17, 15) is 14.3 Å². The first-order valence-electron chi connectivity index (χ1n) is 3.85. The molecule has 0 amide bonds. The van der Waals surface area contributed by atoms with Gasteiger partial charge in [-0.1, -0.05) is 17.7 Å². The predicted molar refractivity (Wildman–Crippen MR) is 48.6 cm³/mol. The van der Waals surface area contributed by atoms with Gasteiger partial charge in [0.15, 0.2) is 0 Å². The minimum absolute atomic E-state index is 0.0266. The third kappa shape index (κ3) is 2.68. The van der Waals surface area contributed by atoms with Gasteiger partial charge in [-0.05, 0) is 17.7 Å². The maximum Gasteiger partial charge on any atom is 0.306 e. The van der Waals surface area contributed by atoms with E-state index in [0.717, 1.165) is 12.1 Å². The topological polar surface area (TPSA) is 57.5 Å². The number of carboxylic acid groups (broad SMARTS) is 1. The van der Waals surface area contributed by atoms with Crippen molar-refractivity contribution in [1.82, 2.24) is 0 Å². The number of benzene rings is 1. The van der Waals surface area contributed by atoms with Gasteiger partial charge in [-0.25, -0.2) is 4.39 Å². The van der Waals surface area contributed by atoms with Crippen molar-refractivity contribution < 1.29 is 19.4 Å². The van der Waals surface area contributed by atoms with Gasteiger partial charge in [0, 0.05) is 5.02 Å². The van der Waals surface area contributed by atoms with E-state index in [-0.39, 0.29) is 10.6 Å². The summed E-state index contributed by atoms with van der Waals surface area (Å²) < 4.78 is 12.6. The van der Waals surface area contributed by atoms with Crippen molar-refractivity contribution in [2.24, 2.45) is 0 Å². The molecule has 3 nitrogen and oxygen atoms in total. The van der Waals surface area contributed by atoms with E-state index in [0.29, 0.717) is 0 Å². The van der Waals surface area contributed by atoms with Crippen LogP contribution in [0.3, 0.4) is 0 Å². The molecule has 0 bridgehead atoms. The minimum Gasteiger partial charge on any atom is -0.481 e. The first-order valence-corrected chi connectivity index (χ1v) is 4.23. The lowest BCUT2D eigenvalue weighted by molar-refractivity contribution is -0.139. The van der Waals surface area contributed by atoms with Crippen LogP contribution >= 0.6 is 11.6 Å². The number of rotatable bonds is 3. The Morgan fingerprint density at radius 2 is 2.21 bits per heavy atom. The zero-order chi connectivity index (χ0) is 10.7. The summed E-state index contributed by atoms with van der Waals surface area (Å²) in [6.07, 6.45) is -1.66. The van der Waals surface area contributed by atoms with Gasteiger partial charge in [-0.2, -0.15) is 0 Å². The van der Waals surface area contributed by atoms with Gasteiger partial charge >= 0.3 is 5.97 Å². The quantitative estimate of drug-likeness (QED) is 0.816. The fourth-order valence-electron chi connectivity index (χ4n) is 1.05. The fraction of sp³-hybridized carbons (Fsp3) is 0.222. The van der Waals surface area contributed by atoms with Crippen LogP contribution in [0.25, 0.3) is 0 Å². The van der Waals surface area contributed by atoms with Crippen LogP contribution in [0.5, 0.6) is 0 Å². The van der Waals surface area contributed by atoms with Crippen LogP contribution in [0, 0.1) is 5.82 Å². The van der Waals surface area contributed by atoms with Crippen LogP contribution in [0.2, 0.25) is 5.02 Å². The number of carboxylic acids is 1. The first-order chi connectivity index (χ1) is 6.50. The van der Waals surface area contributed by atoms with Crippen molar-refractivity contribution in [3.63, 3.8) is 0 Å². The molecule has 2 N–H and O–H groups in total. The predicted octanol–water partition coefficient (Wildman–Crippen LogP) is 1.99. The summed E-state index contributed by atoms with van der Waals surface area (Å²) in [6, 6.07) is 3.42. The van der Waals surface area contributed by atoms with Crippen LogP contribution in [0.15, 0.2) is 18.2 Å². The highest BCUT2D eigenvalue weighted by Gasteiger charge is 2.15. The molecule has 1 rings (SSSR count). The van der Waals surface area contributed by atoms with Crippen molar-refractivity contribution in [2.45, 2.75) is 12.5 Å². The number of halogens is 2. The number of aliphatic hydroxyl groups is 1. The summed E-state index contributed by atoms with van der Waals surface area (Å²) in [5.41, 5.74) is 0.218. The van der Waals surface area contributed by atoms with Crippen LogP contribution in [0.4, 0.5) is 4.39 Å². The Morgan fingerprint density at radius 1 is 1.57 bits per heavy atom. The van der Waals surface area contributed by atoms with Crippen LogP contribution < -0.4 is 0 Å². The zero-order valence-corrected chi connectivity index (χ0v) is 7.83. The van der Waals surface area contributed by atoms with Gasteiger partial charge in [0.2, 0.25) is 0 Å². The Morgan fingerprint density at radius 3 is 2.71 bits per heavy atom. The van der Waals surface area contributed by atoms with Crippen molar-refractivity contribution in [2.75, 3.05) is 0 Å². The molecule has 14 heavy (non-hydrogen) atoms. The van der Waals surface area contributed by atoms with E-state index in [1.54, 1.807) is 0 Å². The van der Waals surface area contributed by atoms with Crippen LogP contribution in [-0.4, -0.2) is 16.2 Å². The molecule has 0 aliphatic heterocycles. The Bertz CT molecular complexity index is 354. The second-order valence-corrected chi connectivity index (χ2v) is 3.19. The van der Waals surface area contributed by atoms with E-state index < -0.39 is 24.3 Å². The summed E-state index contributed by atoms with van der Waals surface area (Å²) in [7, 11) is 0. The van der Waals surface area contributed by atoms with Gasteiger partial charge < -0.3 is 10.2 Å². The summed E-state index contributed by atoms with van der Waals surface area (Å²) in [5.74, 6) is -1.67. The highest BCUT2D eigenvalue weighted by Crippen LogP contribution is 2.25. The molecule has 0 fully saturated rings. The van der Waals surface area contributed by atoms with E-state index in [2.05, 4.69) is 0 Å². The zero-order valence-electron chi connectivity index (χ0n) is 7.08. The van der Waals surface area contributed by atoms with Gasteiger partial charge in [0.1, 0.15) is 5.82 Å². The second-order valence-electron chi connectivity index (χ2n) is 2.78. The highest BCUT2D eigenvalue weighted by molar-refractivity contribution is 6.31. The molecule has 1 aromatic carbocycles. The maximum absolute atomic E-state index is 12.6. The molecule has 76 valence electrons. The number of hydrogen-bond acceptors (Lipinski definition) is 2. The summed E-state index contributed by atoms with van der Waals surface area (Å²) in [6.45, 7) is 0. The molecule has 0 radical (unpaired) electrons. The highest BCUT2D eigenvalue weighted by atomic mass is 35.5. The lowest BCUT2D eigenvalue weighted by atomic mass is 10.1. The second kappa shape index (κ2) is 4.39. The van der Waals surface area contributed by atoms with Crippen molar-refractivity contribution in [3.8, 4) is 0 Å². The monoisotopic (exact) mass is 218 g/mol. The van der Waals surface area contributed by atoms with Gasteiger partial charge in [0.05, 0.1) is 12.5 Å². The standard InChI is InChI=1S/C9H8ClFO3/c10-7-3-5(11)1-2-6(7)8(12)4-9(13)14/h1-3,8,12H,4H2,(H,13,14). The molecule has 0 aliphatic carbocycles. The smallest absolute Gasteiger partial charge is 0.306 e. The maximum atomic E-state index is 12.6. The fourth-order valence-corrected chi connectivity index (χ4v) is 1.34. The average molecular weight is 219 g/mol. The molecule has 1 aromatic rings. The van der Waals surface area contributed by atoms with E-state index in [4.69, 9.17) is 16.7 Å². The number of aliphatic carboxylic acids is 1.